The van der Waals surface area contributed by atoms with Gasteiger partial charge in [-0.15, -0.1) is 11.8 Å². The van der Waals surface area contributed by atoms with Crippen molar-refractivity contribution in [3.8, 4) is 0 Å². The van der Waals surface area contributed by atoms with Gasteiger partial charge in [-0.3, -0.25) is 14.4 Å². The van der Waals surface area contributed by atoms with E-state index in [0.29, 0.717) is 16.9 Å². The van der Waals surface area contributed by atoms with E-state index >= 15 is 0 Å². The number of nitrogens with one attached hydrogen (secondary N) is 3. The fourth-order valence-electron chi connectivity index (χ4n) is 4.40. The number of aryl methyl sites for hydroxylation is 1. The van der Waals surface area contributed by atoms with E-state index in [0.717, 1.165) is 25.2 Å². The first-order valence-corrected chi connectivity index (χ1v) is 16.1. The summed E-state index contributed by atoms with van der Waals surface area (Å²) >= 11 is 3.61. The van der Waals surface area contributed by atoms with Crippen LogP contribution in [0.4, 0.5) is 11.4 Å². The second kappa shape index (κ2) is 15.4. The Morgan fingerprint density at radius 1 is 0.711 bits per heavy atom. The number of thioether (sulfide) groups is 1. The first-order chi connectivity index (χ1) is 21.8. The molecule has 5 aromatic rings. The molecule has 8 heteroatoms. The Bertz CT molecular complexity index is 1810. The van der Waals surface area contributed by atoms with Crippen molar-refractivity contribution in [3.05, 3.63) is 165 Å². The molecule has 0 aromatic heterocycles. The van der Waals surface area contributed by atoms with Gasteiger partial charge in [0.05, 0.1) is 0 Å². The lowest BCUT2D eigenvalue weighted by Crippen LogP contribution is -2.30. The predicted octanol–water partition coefficient (Wildman–Crippen LogP) is 8.48. The quantitative estimate of drug-likeness (QED) is 0.0767. The zero-order valence-electron chi connectivity index (χ0n) is 24.4. The fraction of sp³-hybridized carbons (Fsp3) is 0.0541. The van der Waals surface area contributed by atoms with Gasteiger partial charge in [0.2, 0.25) is 5.91 Å². The summed E-state index contributed by atoms with van der Waals surface area (Å²) in [6.07, 6.45) is 1.65. The number of amides is 3. The molecule has 0 radical (unpaired) electrons. The molecule has 6 nitrogen and oxygen atoms in total. The van der Waals surface area contributed by atoms with Gasteiger partial charge < -0.3 is 16.0 Å². The second-order valence-corrected chi connectivity index (χ2v) is 12.6. The maximum absolute atomic E-state index is 13.6. The van der Waals surface area contributed by atoms with E-state index in [9.17, 15) is 14.4 Å². The number of hydrogen-bond donors (Lipinski definition) is 3. The average Bonchev–Trinajstić information content (AvgIpc) is 3.06. The molecule has 3 N–H and O–H groups in total. The lowest BCUT2D eigenvalue weighted by molar-refractivity contribution is -0.116. The third-order valence-corrected chi connectivity index (χ3v) is 8.68. The maximum Gasteiger partial charge on any atom is 0.272 e. The summed E-state index contributed by atoms with van der Waals surface area (Å²) in [5.74, 6) is -1.02. The Hall–Kier alpha value is -4.67. The van der Waals surface area contributed by atoms with Gasteiger partial charge in [0.25, 0.3) is 11.8 Å². The third-order valence-electron chi connectivity index (χ3n) is 6.72. The number of rotatable bonds is 10. The van der Waals surface area contributed by atoms with Crippen LogP contribution in [0.15, 0.2) is 144 Å². The molecule has 45 heavy (non-hydrogen) atoms. The number of anilines is 2. The van der Waals surface area contributed by atoms with Crippen LogP contribution in [-0.2, 0) is 9.59 Å². The fourth-order valence-corrected chi connectivity index (χ4v) is 5.84. The molecule has 1 unspecified atom stereocenters. The van der Waals surface area contributed by atoms with Gasteiger partial charge in [-0.05, 0) is 101 Å². The highest BCUT2D eigenvalue weighted by molar-refractivity contribution is 14.1. The number of carbonyl (C=O) groups excluding carboxylic acids is 3. The average molecular weight is 724 g/mol. The Morgan fingerprint density at radius 3 is 2.07 bits per heavy atom. The first-order valence-electron chi connectivity index (χ1n) is 14.2. The SMILES string of the molecule is Cc1ccc(/C=C(\NC(=O)c2ccccc2)C(=O)Nc2cccc(SC(C(=O)Nc3ccc(I)cc3)c3ccccc3)c2)cc1. The zero-order chi connectivity index (χ0) is 31.6. The Balaban J connectivity index is 1.37. The largest absolute Gasteiger partial charge is 0.325 e. The Morgan fingerprint density at radius 2 is 1.38 bits per heavy atom. The van der Waals surface area contributed by atoms with Crippen LogP contribution < -0.4 is 16.0 Å². The highest BCUT2D eigenvalue weighted by atomic mass is 127. The molecular weight excluding hydrogens is 693 g/mol. The van der Waals surface area contributed by atoms with E-state index in [4.69, 9.17) is 0 Å². The first kappa shape index (κ1) is 31.7. The van der Waals surface area contributed by atoms with Crippen LogP contribution in [0.5, 0.6) is 0 Å². The van der Waals surface area contributed by atoms with Crippen LogP contribution in [0.2, 0.25) is 0 Å². The molecule has 1 atom stereocenters. The van der Waals surface area contributed by atoms with Gasteiger partial charge in [0, 0.05) is 25.4 Å². The van der Waals surface area contributed by atoms with Crippen LogP contribution in [0.25, 0.3) is 6.08 Å². The summed E-state index contributed by atoms with van der Waals surface area (Å²) < 4.78 is 1.08. The second-order valence-electron chi connectivity index (χ2n) is 10.2. The van der Waals surface area contributed by atoms with E-state index in [1.165, 1.54) is 11.8 Å². The molecule has 0 heterocycles. The van der Waals surface area contributed by atoms with E-state index < -0.39 is 17.1 Å². The highest BCUT2D eigenvalue weighted by Gasteiger charge is 2.23. The van der Waals surface area contributed by atoms with Crippen molar-refractivity contribution in [1.29, 1.82) is 0 Å². The molecule has 5 rings (SSSR count). The van der Waals surface area contributed by atoms with Gasteiger partial charge in [0.15, 0.2) is 0 Å². The normalized spacial score (nSPS) is 11.7. The van der Waals surface area contributed by atoms with E-state index in [-0.39, 0.29) is 11.6 Å². The molecule has 0 bridgehead atoms. The number of halogens is 1. The molecule has 0 aliphatic carbocycles. The van der Waals surface area contributed by atoms with Crippen LogP contribution in [0, 0.1) is 10.5 Å². The highest BCUT2D eigenvalue weighted by Crippen LogP contribution is 2.37. The summed E-state index contributed by atoms with van der Waals surface area (Å²) in [5, 5.41) is 8.18. The van der Waals surface area contributed by atoms with Crippen molar-refractivity contribution >= 4 is 69.5 Å². The van der Waals surface area contributed by atoms with Crippen molar-refractivity contribution in [2.45, 2.75) is 17.1 Å². The van der Waals surface area contributed by atoms with E-state index in [1.54, 1.807) is 36.4 Å². The van der Waals surface area contributed by atoms with Crippen LogP contribution in [-0.4, -0.2) is 17.7 Å². The summed E-state index contributed by atoms with van der Waals surface area (Å²) in [6, 6.07) is 40.9. The molecule has 0 aliphatic heterocycles. The van der Waals surface area contributed by atoms with E-state index in [2.05, 4.69) is 38.5 Å². The summed E-state index contributed by atoms with van der Waals surface area (Å²) in [5.41, 5.74) is 4.49. The number of carbonyl (C=O) groups is 3. The number of benzene rings is 5. The molecule has 0 aliphatic rings. The van der Waals surface area contributed by atoms with Crippen molar-refractivity contribution < 1.29 is 14.4 Å². The summed E-state index contributed by atoms with van der Waals surface area (Å²) in [7, 11) is 0. The molecule has 224 valence electrons. The molecule has 5 aromatic carbocycles. The minimum Gasteiger partial charge on any atom is -0.325 e. The van der Waals surface area contributed by atoms with Gasteiger partial charge in [-0.25, -0.2) is 0 Å². The summed E-state index contributed by atoms with van der Waals surface area (Å²) in [4.78, 5) is 40.9. The Labute approximate surface area is 280 Å². The van der Waals surface area contributed by atoms with Crippen molar-refractivity contribution in [2.24, 2.45) is 0 Å². The molecule has 0 fully saturated rings. The maximum atomic E-state index is 13.6. The Kier molecular flexibility index (Phi) is 10.8. The van der Waals surface area contributed by atoms with Crippen LogP contribution in [0.3, 0.4) is 0 Å². The van der Waals surface area contributed by atoms with Crippen molar-refractivity contribution in [3.63, 3.8) is 0 Å². The summed E-state index contributed by atoms with van der Waals surface area (Å²) in [6.45, 7) is 1.98. The van der Waals surface area contributed by atoms with Gasteiger partial charge >= 0.3 is 0 Å². The standard InChI is InChI=1S/C37H30IN3O3S/c1-25-15-17-26(18-16-25)23-33(41-35(42)28-11-6-3-7-12-28)36(43)40-31-13-8-14-32(24-31)45-34(27-9-4-2-5-10-27)37(44)39-30-21-19-29(38)20-22-30/h2-24,34H,1H3,(H,39,44)(H,40,43)(H,41,42)/b33-23-. The van der Waals surface area contributed by atoms with Crippen LogP contribution >= 0.6 is 34.4 Å². The van der Waals surface area contributed by atoms with Gasteiger partial charge in [0.1, 0.15) is 10.9 Å². The molecule has 0 saturated carbocycles. The van der Waals surface area contributed by atoms with Crippen molar-refractivity contribution in [2.75, 3.05) is 10.6 Å². The third kappa shape index (κ3) is 9.17. The van der Waals surface area contributed by atoms with Crippen molar-refractivity contribution in [1.82, 2.24) is 5.32 Å². The monoisotopic (exact) mass is 723 g/mol. The van der Waals surface area contributed by atoms with E-state index in [1.807, 2.05) is 110 Å². The van der Waals surface area contributed by atoms with Gasteiger partial charge in [-0.2, -0.15) is 0 Å². The zero-order valence-corrected chi connectivity index (χ0v) is 27.3. The molecule has 0 saturated heterocycles. The minimum atomic E-state index is -0.543. The number of hydrogen-bond acceptors (Lipinski definition) is 4. The lowest BCUT2D eigenvalue weighted by Gasteiger charge is -2.18. The smallest absolute Gasteiger partial charge is 0.272 e. The minimum absolute atomic E-state index is 0.102. The molecular formula is C37H30IN3O3S. The molecule has 0 spiro atoms. The van der Waals surface area contributed by atoms with Crippen LogP contribution in [0.1, 0.15) is 32.3 Å². The molecule has 3 amide bonds. The topological polar surface area (TPSA) is 87.3 Å². The lowest BCUT2D eigenvalue weighted by atomic mass is 10.1. The predicted molar refractivity (Wildman–Crippen MR) is 191 cm³/mol. The van der Waals surface area contributed by atoms with Gasteiger partial charge in [-0.1, -0.05) is 84.4 Å².